The van der Waals surface area contributed by atoms with Gasteiger partial charge >= 0.3 is 0 Å². The van der Waals surface area contributed by atoms with Crippen molar-refractivity contribution in [2.24, 2.45) is 0 Å². The van der Waals surface area contributed by atoms with Gasteiger partial charge in [-0.3, -0.25) is 0 Å². The highest BCUT2D eigenvalue weighted by atomic mass is 32.2. The van der Waals surface area contributed by atoms with Gasteiger partial charge in [0.05, 0.1) is 11.0 Å². The number of hydrogen-bond donors (Lipinski definition) is 2. The molecule has 1 unspecified atom stereocenters. The van der Waals surface area contributed by atoms with Crippen LogP contribution in [0.2, 0.25) is 0 Å². The first-order chi connectivity index (χ1) is 10.9. The fourth-order valence-electron chi connectivity index (χ4n) is 2.63. The maximum absolute atomic E-state index is 11.7. The minimum atomic E-state index is -3.25. The molecule has 2 aromatic rings. The van der Waals surface area contributed by atoms with E-state index in [-0.39, 0.29) is 11.0 Å². The number of benzene rings is 1. The van der Waals surface area contributed by atoms with Crippen molar-refractivity contribution in [3.63, 3.8) is 0 Å². The highest BCUT2D eigenvalue weighted by Gasteiger charge is 2.21. The first kappa shape index (κ1) is 15.8. The summed E-state index contributed by atoms with van der Waals surface area (Å²) in [5.41, 5.74) is 8.19. The monoisotopic (exact) mass is 333 g/mol. The normalized spacial score (nSPS) is 18.0. The fraction of sp³-hybridized carbons (Fsp3) is 0.312. The predicted molar refractivity (Wildman–Crippen MR) is 89.4 cm³/mol. The van der Waals surface area contributed by atoms with E-state index in [0.29, 0.717) is 11.5 Å². The largest absolute Gasteiger partial charge is 0.384 e. The van der Waals surface area contributed by atoms with Crippen LogP contribution < -0.4 is 11.1 Å². The third kappa shape index (κ3) is 3.62. The number of ether oxygens (including phenoxy) is 1. The summed E-state index contributed by atoms with van der Waals surface area (Å²) in [7, 11) is -3.25. The second-order valence-electron chi connectivity index (χ2n) is 5.62. The van der Waals surface area contributed by atoms with Gasteiger partial charge in [-0.25, -0.2) is 13.4 Å². The van der Waals surface area contributed by atoms with Crippen LogP contribution >= 0.6 is 0 Å². The third-order valence-corrected chi connectivity index (χ3v) is 4.88. The fourth-order valence-corrected chi connectivity index (χ4v) is 3.30. The first-order valence-corrected chi connectivity index (χ1v) is 9.27. The number of anilines is 3. The molecule has 23 heavy (non-hydrogen) atoms. The van der Waals surface area contributed by atoms with Gasteiger partial charge in [-0.1, -0.05) is 6.07 Å². The van der Waals surface area contributed by atoms with Gasteiger partial charge in [0.1, 0.15) is 5.82 Å². The summed E-state index contributed by atoms with van der Waals surface area (Å²) < 4.78 is 29.1. The van der Waals surface area contributed by atoms with E-state index in [1.807, 2.05) is 6.07 Å². The molecule has 1 aromatic carbocycles. The molecular formula is C16H19N3O3S. The maximum atomic E-state index is 11.7. The molecule has 1 aromatic heterocycles. The lowest BCUT2D eigenvalue weighted by Crippen LogP contribution is -2.05. The van der Waals surface area contributed by atoms with Crippen LogP contribution in [0.25, 0.3) is 0 Å². The van der Waals surface area contributed by atoms with Gasteiger partial charge in [-0.2, -0.15) is 0 Å². The van der Waals surface area contributed by atoms with E-state index in [4.69, 9.17) is 10.5 Å². The van der Waals surface area contributed by atoms with Gasteiger partial charge in [-0.15, -0.1) is 0 Å². The van der Waals surface area contributed by atoms with Gasteiger partial charge < -0.3 is 15.8 Å². The molecule has 0 saturated carbocycles. The Hall–Kier alpha value is -2.12. The van der Waals surface area contributed by atoms with Gasteiger partial charge in [0.15, 0.2) is 9.84 Å². The summed E-state index contributed by atoms with van der Waals surface area (Å²) in [5.74, 6) is 0.397. The molecule has 0 spiro atoms. The van der Waals surface area contributed by atoms with Crippen molar-refractivity contribution in [3.8, 4) is 0 Å². The van der Waals surface area contributed by atoms with Gasteiger partial charge in [0.25, 0.3) is 0 Å². The minimum absolute atomic E-state index is 0.0105. The van der Waals surface area contributed by atoms with Crippen LogP contribution in [0.15, 0.2) is 41.4 Å². The van der Waals surface area contributed by atoms with Crippen molar-refractivity contribution >= 4 is 27.0 Å². The lowest BCUT2D eigenvalue weighted by Gasteiger charge is -2.17. The quantitative estimate of drug-likeness (QED) is 0.893. The SMILES string of the molecule is CS(=O)(=O)c1cccc(Nc2cc(N)ncc2C2CCCO2)c1. The number of hydrogen-bond acceptors (Lipinski definition) is 6. The third-order valence-electron chi connectivity index (χ3n) is 3.77. The van der Waals surface area contributed by atoms with Gasteiger partial charge in [-0.05, 0) is 31.0 Å². The van der Waals surface area contributed by atoms with Crippen LogP contribution in [-0.4, -0.2) is 26.3 Å². The molecule has 6 nitrogen and oxygen atoms in total. The number of rotatable bonds is 4. The van der Waals surface area contributed by atoms with E-state index in [0.717, 1.165) is 30.7 Å². The topological polar surface area (TPSA) is 94.3 Å². The summed E-state index contributed by atoms with van der Waals surface area (Å²) >= 11 is 0. The number of aromatic nitrogens is 1. The molecule has 122 valence electrons. The van der Waals surface area contributed by atoms with E-state index >= 15 is 0 Å². The molecule has 1 aliphatic rings. The molecule has 1 fully saturated rings. The number of nitrogen functional groups attached to an aromatic ring is 1. The van der Waals surface area contributed by atoms with E-state index in [9.17, 15) is 8.42 Å². The van der Waals surface area contributed by atoms with Crippen molar-refractivity contribution in [2.75, 3.05) is 23.9 Å². The van der Waals surface area contributed by atoms with Crippen molar-refractivity contribution in [1.82, 2.24) is 4.98 Å². The average Bonchev–Trinajstić information content (AvgIpc) is 3.01. The molecule has 3 rings (SSSR count). The number of nitrogens with two attached hydrogens (primary N) is 1. The Morgan fingerprint density at radius 2 is 2.17 bits per heavy atom. The van der Waals surface area contributed by atoms with Gasteiger partial charge in [0, 0.05) is 42.1 Å². The lowest BCUT2D eigenvalue weighted by atomic mass is 10.1. The van der Waals surface area contributed by atoms with E-state index < -0.39 is 9.84 Å². The number of pyridine rings is 1. The lowest BCUT2D eigenvalue weighted by molar-refractivity contribution is 0.112. The zero-order valence-corrected chi connectivity index (χ0v) is 13.6. The molecule has 0 bridgehead atoms. The zero-order valence-electron chi connectivity index (χ0n) is 12.8. The van der Waals surface area contributed by atoms with E-state index in [2.05, 4.69) is 10.3 Å². The van der Waals surface area contributed by atoms with Crippen LogP contribution in [-0.2, 0) is 14.6 Å². The molecule has 2 heterocycles. The van der Waals surface area contributed by atoms with E-state index in [1.165, 1.54) is 6.26 Å². The Labute approximate surface area is 135 Å². The van der Waals surface area contributed by atoms with Crippen LogP contribution in [0.4, 0.5) is 17.2 Å². The first-order valence-electron chi connectivity index (χ1n) is 7.37. The number of nitrogens with one attached hydrogen (secondary N) is 1. The Morgan fingerprint density at radius 1 is 1.35 bits per heavy atom. The highest BCUT2D eigenvalue weighted by Crippen LogP contribution is 2.35. The number of nitrogens with zero attached hydrogens (tertiary/aromatic N) is 1. The highest BCUT2D eigenvalue weighted by molar-refractivity contribution is 7.90. The van der Waals surface area contributed by atoms with Crippen molar-refractivity contribution in [3.05, 3.63) is 42.1 Å². The molecule has 3 N–H and O–H groups in total. The van der Waals surface area contributed by atoms with Crippen LogP contribution in [0, 0.1) is 0 Å². The minimum Gasteiger partial charge on any atom is -0.384 e. The molecule has 1 aliphatic heterocycles. The maximum Gasteiger partial charge on any atom is 0.175 e. The summed E-state index contributed by atoms with van der Waals surface area (Å²) in [6.07, 6.45) is 4.84. The van der Waals surface area contributed by atoms with Crippen LogP contribution in [0.1, 0.15) is 24.5 Å². The van der Waals surface area contributed by atoms with Gasteiger partial charge in [0.2, 0.25) is 0 Å². The molecule has 0 amide bonds. The Bertz CT molecular complexity index is 815. The standard InChI is InChI=1S/C16H19N3O3S/c1-23(20,21)12-5-2-4-11(8-12)19-14-9-16(17)18-10-13(14)15-6-3-7-22-15/h2,4-5,8-10,15H,3,6-7H2,1H3,(H3,17,18,19). The second-order valence-corrected chi connectivity index (χ2v) is 7.64. The Morgan fingerprint density at radius 3 is 2.87 bits per heavy atom. The van der Waals surface area contributed by atoms with Crippen molar-refractivity contribution in [1.29, 1.82) is 0 Å². The Kier molecular flexibility index (Phi) is 4.23. The molecule has 1 saturated heterocycles. The molecule has 0 radical (unpaired) electrons. The molecule has 1 atom stereocenters. The zero-order chi connectivity index (χ0) is 16.4. The van der Waals surface area contributed by atoms with E-state index in [1.54, 1.807) is 30.5 Å². The Balaban J connectivity index is 1.95. The van der Waals surface area contributed by atoms with Crippen molar-refractivity contribution in [2.45, 2.75) is 23.8 Å². The summed E-state index contributed by atoms with van der Waals surface area (Å²) in [4.78, 5) is 4.41. The average molecular weight is 333 g/mol. The summed E-state index contributed by atoms with van der Waals surface area (Å²) in [6, 6.07) is 8.43. The number of sulfone groups is 1. The molecule has 0 aliphatic carbocycles. The van der Waals surface area contributed by atoms with Crippen LogP contribution in [0.3, 0.4) is 0 Å². The van der Waals surface area contributed by atoms with Crippen molar-refractivity contribution < 1.29 is 13.2 Å². The second kappa shape index (κ2) is 6.17. The molecular weight excluding hydrogens is 314 g/mol. The predicted octanol–water partition coefficient (Wildman–Crippen LogP) is 2.66. The van der Waals surface area contributed by atoms with Crippen LogP contribution in [0.5, 0.6) is 0 Å². The smallest absolute Gasteiger partial charge is 0.175 e. The summed E-state index contributed by atoms with van der Waals surface area (Å²) in [6.45, 7) is 0.734. The molecule has 7 heteroatoms. The summed E-state index contributed by atoms with van der Waals surface area (Å²) in [5, 5.41) is 3.24.